The lowest BCUT2D eigenvalue weighted by molar-refractivity contribution is 0.0751. The molecule has 1 saturated heterocycles. The number of morpholine rings is 1. The van der Waals surface area contributed by atoms with E-state index in [1.54, 1.807) is 0 Å². The van der Waals surface area contributed by atoms with Crippen LogP contribution in [0.15, 0.2) is 16.5 Å². The number of oxazole rings is 1. The van der Waals surface area contributed by atoms with Gasteiger partial charge in [0.05, 0.1) is 13.2 Å². The first kappa shape index (κ1) is 11.7. The molecule has 1 aliphatic heterocycles. The lowest BCUT2D eigenvalue weighted by Gasteiger charge is -2.22. The van der Waals surface area contributed by atoms with Crippen molar-refractivity contribution >= 4 is 11.1 Å². The van der Waals surface area contributed by atoms with Crippen LogP contribution in [0.3, 0.4) is 0 Å². The van der Waals surface area contributed by atoms with E-state index in [9.17, 15) is 0 Å². The molecule has 3 rings (SSSR count). The van der Waals surface area contributed by atoms with Crippen LogP contribution >= 0.6 is 0 Å². The second-order valence-corrected chi connectivity index (χ2v) is 4.97. The first-order valence-corrected chi connectivity index (χ1v) is 6.40. The van der Waals surface area contributed by atoms with Gasteiger partial charge in [-0.05, 0) is 31.0 Å². The Labute approximate surface area is 106 Å². The van der Waals surface area contributed by atoms with Gasteiger partial charge in [-0.15, -0.1) is 0 Å². The van der Waals surface area contributed by atoms with Crippen LogP contribution in [-0.2, 0) is 11.2 Å². The lowest BCUT2D eigenvalue weighted by atomic mass is 10.1. The number of aromatic nitrogens is 1. The first-order valence-electron chi connectivity index (χ1n) is 6.40. The molecule has 2 aromatic rings. The molecule has 0 bridgehead atoms. The predicted octanol–water partition coefficient (Wildman–Crippen LogP) is 1.98. The van der Waals surface area contributed by atoms with E-state index in [4.69, 9.17) is 9.15 Å². The molecule has 1 atom stereocenters. The third-order valence-electron chi connectivity index (χ3n) is 3.28. The van der Waals surface area contributed by atoms with Crippen LogP contribution < -0.4 is 5.32 Å². The van der Waals surface area contributed by atoms with Crippen LogP contribution in [0.2, 0.25) is 0 Å². The van der Waals surface area contributed by atoms with Crippen molar-refractivity contribution in [2.45, 2.75) is 26.3 Å². The molecule has 0 aliphatic carbocycles. The lowest BCUT2D eigenvalue weighted by Crippen LogP contribution is -2.42. The molecule has 0 saturated carbocycles. The highest BCUT2D eigenvalue weighted by atomic mass is 16.5. The van der Waals surface area contributed by atoms with Crippen LogP contribution in [0.5, 0.6) is 0 Å². The third-order valence-corrected chi connectivity index (χ3v) is 3.28. The Hall–Kier alpha value is -1.39. The molecule has 18 heavy (non-hydrogen) atoms. The fraction of sp³-hybridized carbons (Fsp3) is 0.500. The molecule has 1 aromatic carbocycles. The Balaban J connectivity index is 1.86. The zero-order chi connectivity index (χ0) is 12.5. The van der Waals surface area contributed by atoms with Crippen molar-refractivity contribution in [2.24, 2.45) is 0 Å². The van der Waals surface area contributed by atoms with E-state index in [0.717, 1.165) is 48.7 Å². The highest BCUT2D eigenvalue weighted by Gasteiger charge is 2.17. The van der Waals surface area contributed by atoms with Gasteiger partial charge in [0.25, 0.3) is 0 Å². The van der Waals surface area contributed by atoms with Gasteiger partial charge in [-0.2, -0.15) is 0 Å². The number of benzene rings is 1. The van der Waals surface area contributed by atoms with Crippen LogP contribution in [0.25, 0.3) is 11.1 Å². The second-order valence-electron chi connectivity index (χ2n) is 4.97. The summed E-state index contributed by atoms with van der Waals surface area (Å²) in [5.74, 6) is 0.793. The van der Waals surface area contributed by atoms with Crippen LogP contribution in [-0.4, -0.2) is 30.8 Å². The monoisotopic (exact) mass is 246 g/mol. The molecule has 4 heteroatoms. The minimum Gasteiger partial charge on any atom is -0.440 e. The van der Waals surface area contributed by atoms with Crippen LogP contribution in [0, 0.1) is 13.8 Å². The van der Waals surface area contributed by atoms with Crippen LogP contribution in [0.4, 0.5) is 0 Å². The van der Waals surface area contributed by atoms with Crippen molar-refractivity contribution in [1.29, 1.82) is 0 Å². The average molecular weight is 246 g/mol. The summed E-state index contributed by atoms with van der Waals surface area (Å²) in [5, 5.41) is 3.41. The summed E-state index contributed by atoms with van der Waals surface area (Å²) in [4.78, 5) is 4.57. The predicted molar refractivity (Wildman–Crippen MR) is 69.8 cm³/mol. The van der Waals surface area contributed by atoms with Crippen molar-refractivity contribution in [3.8, 4) is 0 Å². The minimum absolute atomic E-state index is 0.313. The Morgan fingerprint density at radius 1 is 1.39 bits per heavy atom. The Morgan fingerprint density at radius 3 is 3.06 bits per heavy atom. The Kier molecular flexibility index (Phi) is 3.06. The van der Waals surface area contributed by atoms with E-state index in [-0.39, 0.29) is 0 Å². The highest BCUT2D eigenvalue weighted by Crippen LogP contribution is 2.22. The first-order chi connectivity index (χ1) is 8.72. The third kappa shape index (κ3) is 2.26. The van der Waals surface area contributed by atoms with Gasteiger partial charge < -0.3 is 14.5 Å². The maximum atomic E-state index is 5.85. The molecule has 1 aliphatic rings. The number of nitrogens with zero attached hydrogens (tertiary/aromatic N) is 1. The molecule has 1 unspecified atom stereocenters. The maximum absolute atomic E-state index is 5.85. The van der Waals surface area contributed by atoms with Gasteiger partial charge in [0.1, 0.15) is 5.52 Å². The highest BCUT2D eigenvalue weighted by molar-refractivity contribution is 5.77. The standard InChI is InChI=1S/C14H18N2O2/c1-9-5-10(2)14-12(6-9)16-13(18-14)7-11-8-17-4-3-15-11/h5-6,11,15H,3-4,7-8H2,1-2H3. The van der Waals surface area contributed by atoms with E-state index in [1.807, 2.05) is 0 Å². The van der Waals surface area contributed by atoms with Gasteiger partial charge in [0, 0.05) is 19.0 Å². The molecule has 4 nitrogen and oxygen atoms in total. The largest absolute Gasteiger partial charge is 0.440 e. The normalized spacial score (nSPS) is 20.4. The average Bonchev–Trinajstić information content (AvgIpc) is 2.73. The van der Waals surface area contributed by atoms with E-state index in [1.165, 1.54) is 5.56 Å². The maximum Gasteiger partial charge on any atom is 0.197 e. The van der Waals surface area contributed by atoms with E-state index in [2.05, 4.69) is 36.3 Å². The van der Waals surface area contributed by atoms with Crippen molar-refractivity contribution < 1.29 is 9.15 Å². The summed E-state index contributed by atoms with van der Waals surface area (Å²) in [7, 11) is 0. The molecule has 0 amide bonds. The van der Waals surface area contributed by atoms with Gasteiger partial charge in [-0.1, -0.05) is 6.07 Å². The van der Waals surface area contributed by atoms with Gasteiger partial charge in [0.15, 0.2) is 11.5 Å². The van der Waals surface area contributed by atoms with Gasteiger partial charge >= 0.3 is 0 Å². The fourth-order valence-electron chi connectivity index (χ4n) is 2.47. The van der Waals surface area contributed by atoms with Gasteiger partial charge in [-0.3, -0.25) is 0 Å². The quantitative estimate of drug-likeness (QED) is 0.880. The summed E-state index contributed by atoms with van der Waals surface area (Å²) in [6.45, 7) is 6.58. The van der Waals surface area contributed by atoms with E-state index < -0.39 is 0 Å². The molecule has 0 spiro atoms. The SMILES string of the molecule is Cc1cc(C)c2oc(CC3COCCN3)nc2c1. The Bertz CT molecular complexity index is 556. The van der Waals surface area contributed by atoms with E-state index >= 15 is 0 Å². The smallest absolute Gasteiger partial charge is 0.197 e. The Morgan fingerprint density at radius 2 is 2.28 bits per heavy atom. The van der Waals surface area contributed by atoms with Crippen molar-refractivity contribution in [3.63, 3.8) is 0 Å². The van der Waals surface area contributed by atoms with Crippen molar-refractivity contribution in [3.05, 3.63) is 29.2 Å². The van der Waals surface area contributed by atoms with Crippen molar-refractivity contribution in [1.82, 2.24) is 10.3 Å². The molecular formula is C14H18N2O2. The van der Waals surface area contributed by atoms with E-state index in [0.29, 0.717) is 6.04 Å². The molecule has 1 aromatic heterocycles. The number of hydrogen-bond acceptors (Lipinski definition) is 4. The number of fused-ring (bicyclic) bond motifs is 1. The molecule has 1 fully saturated rings. The summed E-state index contributed by atoms with van der Waals surface area (Å²) in [6, 6.07) is 4.51. The number of aryl methyl sites for hydroxylation is 2. The summed E-state index contributed by atoms with van der Waals surface area (Å²) < 4.78 is 11.3. The van der Waals surface area contributed by atoms with Crippen molar-refractivity contribution in [2.75, 3.05) is 19.8 Å². The number of hydrogen-bond donors (Lipinski definition) is 1. The zero-order valence-corrected chi connectivity index (χ0v) is 10.8. The molecule has 2 heterocycles. The van der Waals surface area contributed by atoms with Gasteiger partial charge in [0.2, 0.25) is 0 Å². The fourth-order valence-corrected chi connectivity index (χ4v) is 2.47. The summed E-state index contributed by atoms with van der Waals surface area (Å²) >= 11 is 0. The zero-order valence-electron chi connectivity index (χ0n) is 10.8. The summed E-state index contributed by atoms with van der Waals surface area (Å²) in [5.41, 5.74) is 4.24. The number of ether oxygens (including phenoxy) is 1. The molecular weight excluding hydrogens is 228 g/mol. The minimum atomic E-state index is 0.313. The molecule has 0 radical (unpaired) electrons. The van der Waals surface area contributed by atoms with Gasteiger partial charge in [-0.25, -0.2) is 4.98 Å². The molecule has 1 N–H and O–H groups in total. The topological polar surface area (TPSA) is 47.3 Å². The number of rotatable bonds is 2. The van der Waals surface area contributed by atoms with Crippen LogP contribution in [0.1, 0.15) is 17.0 Å². The molecule has 96 valence electrons. The second kappa shape index (κ2) is 4.71. The number of nitrogens with one attached hydrogen (secondary N) is 1. The summed E-state index contributed by atoms with van der Waals surface area (Å²) in [6.07, 6.45) is 0.785.